The lowest BCUT2D eigenvalue weighted by Gasteiger charge is -2.09. The number of aliphatic hydroxyl groups excluding tert-OH is 1. The van der Waals surface area contributed by atoms with E-state index in [9.17, 15) is 14.7 Å². The van der Waals surface area contributed by atoms with Gasteiger partial charge in [-0.2, -0.15) is 5.26 Å². The summed E-state index contributed by atoms with van der Waals surface area (Å²) in [5, 5.41) is 26.3. The maximum absolute atomic E-state index is 13.0. The number of halogens is 1. The van der Waals surface area contributed by atoms with Crippen molar-refractivity contribution in [2.75, 3.05) is 6.54 Å². The molecule has 4 aromatic rings. The molecule has 0 bridgehead atoms. The number of benzene rings is 1. The van der Waals surface area contributed by atoms with Gasteiger partial charge in [0.1, 0.15) is 27.4 Å². The van der Waals surface area contributed by atoms with Crippen LogP contribution >= 0.6 is 34.3 Å². The molecule has 34 heavy (non-hydrogen) atoms. The van der Waals surface area contributed by atoms with E-state index in [1.807, 2.05) is 12.1 Å². The molecule has 0 aliphatic rings. The molecule has 10 heteroatoms. The predicted molar refractivity (Wildman–Crippen MR) is 135 cm³/mol. The Balaban J connectivity index is 1.43. The van der Waals surface area contributed by atoms with Gasteiger partial charge in [0, 0.05) is 47.7 Å². The monoisotopic (exact) mass is 512 g/mol. The Morgan fingerprint density at radius 2 is 1.97 bits per heavy atom. The van der Waals surface area contributed by atoms with Gasteiger partial charge < -0.3 is 20.3 Å². The number of carbonyl (C=O) groups is 1. The summed E-state index contributed by atoms with van der Waals surface area (Å²) in [7, 11) is 1.80. The van der Waals surface area contributed by atoms with Crippen LogP contribution in [0.25, 0.3) is 10.2 Å². The summed E-state index contributed by atoms with van der Waals surface area (Å²) in [5.74, 6) is -0.431. The van der Waals surface area contributed by atoms with E-state index < -0.39 is 12.0 Å². The fourth-order valence-electron chi connectivity index (χ4n) is 3.47. The Bertz CT molecular complexity index is 1430. The zero-order valence-corrected chi connectivity index (χ0v) is 20.6. The maximum atomic E-state index is 13.0. The molecule has 3 heterocycles. The van der Waals surface area contributed by atoms with E-state index >= 15 is 0 Å². The Labute approximate surface area is 208 Å². The predicted octanol–water partition coefficient (Wildman–Crippen LogP) is 3.94. The van der Waals surface area contributed by atoms with Gasteiger partial charge in [-0.05, 0) is 35.9 Å². The molecule has 0 radical (unpaired) electrons. The molecule has 3 N–H and O–H groups in total. The molecule has 174 valence electrons. The molecule has 1 unspecified atom stereocenters. The lowest BCUT2D eigenvalue weighted by Crippen LogP contribution is -2.29. The molecular weight excluding hydrogens is 492 g/mol. The van der Waals surface area contributed by atoms with Crippen LogP contribution in [0.2, 0.25) is 5.02 Å². The Morgan fingerprint density at radius 1 is 1.21 bits per heavy atom. The average Bonchev–Trinajstić information content (AvgIpc) is 3.49. The summed E-state index contributed by atoms with van der Waals surface area (Å²) in [5.41, 5.74) is 0.655. The number of pyridine rings is 1. The minimum atomic E-state index is -0.719. The first-order chi connectivity index (χ1) is 16.4. The Hall–Kier alpha value is -3.00. The van der Waals surface area contributed by atoms with E-state index in [4.69, 9.17) is 16.9 Å². The SMILES string of the molecule is Cn1cc(C(=O)NCc2ccc(Cl)cc2)c(=O)c2cc(CNCC(O)c3ccc(C#N)s3)sc21. The second-order valence-electron chi connectivity index (χ2n) is 7.68. The van der Waals surface area contributed by atoms with Crippen molar-refractivity contribution in [3.63, 3.8) is 0 Å². The van der Waals surface area contributed by atoms with Gasteiger partial charge in [0.2, 0.25) is 5.43 Å². The number of nitriles is 1. The van der Waals surface area contributed by atoms with E-state index in [0.29, 0.717) is 34.9 Å². The lowest BCUT2D eigenvalue weighted by atomic mass is 10.2. The maximum Gasteiger partial charge on any atom is 0.257 e. The van der Waals surface area contributed by atoms with Crippen molar-refractivity contribution in [3.05, 3.63) is 89.7 Å². The van der Waals surface area contributed by atoms with Gasteiger partial charge >= 0.3 is 0 Å². The van der Waals surface area contributed by atoms with E-state index in [1.165, 1.54) is 22.7 Å². The number of fused-ring (bicyclic) bond motifs is 1. The molecule has 1 amide bonds. The van der Waals surface area contributed by atoms with Gasteiger partial charge in [0.05, 0.1) is 5.39 Å². The van der Waals surface area contributed by atoms with E-state index in [-0.39, 0.29) is 11.0 Å². The summed E-state index contributed by atoms with van der Waals surface area (Å²) >= 11 is 8.61. The number of aromatic nitrogens is 1. The van der Waals surface area contributed by atoms with Crippen LogP contribution in [0.4, 0.5) is 0 Å². The number of amides is 1. The molecule has 0 spiro atoms. The quantitative estimate of drug-likeness (QED) is 0.331. The molecule has 0 saturated heterocycles. The van der Waals surface area contributed by atoms with Crippen molar-refractivity contribution in [1.29, 1.82) is 5.26 Å². The number of hydrogen-bond acceptors (Lipinski definition) is 7. The van der Waals surface area contributed by atoms with Gasteiger partial charge in [-0.25, -0.2) is 0 Å². The highest BCUT2D eigenvalue weighted by Crippen LogP contribution is 2.25. The van der Waals surface area contributed by atoms with Gasteiger partial charge in [-0.1, -0.05) is 23.7 Å². The molecule has 0 aliphatic carbocycles. The second kappa shape index (κ2) is 10.5. The minimum Gasteiger partial charge on any atom is -0.386 e. The van der Waals surface area contributed by atoms with Gasteiger partial charge in [0.15, 0.2) is 0 Å². The largest absolute Gasteiger partial charge is 0.386 e. The highest BCUT2D eigenvalue weighted by atomic mass is 35.5. The van der Waals surface area contributed by atoms with Crippen LogP contribution < -0.4 is 16.1 Å². The third-order valence-corrected chi connectivity index (χ3v) is 7.78. The van der Waals surface area contributed by atoms with Crippen molar-refractivity contribution in [1.82, 2.24) is 15.2 Å². The molecule has 0 aliphatic heterocycles. The number of aliphatic hydroxyl groups is 1. The van der Waals surface area contributed by atoms with E-state index in [1.54, 1.807) is 48.1 Å². The van der Waals surface area contributed by atoms with Crippen LogP contribution in [0.1, 0.15) is 36.7 Å². The van der Waals surface area contributed by atoms with Crippen LogP contribution in [0.3, 0.4) is 0 Å². The topological polar surface area (TPSA) is 107 Å². The van der Waals surface area contributed by atoms with Crippen molar-refractivity contribution in [3.8, 4) is 6.07 Å². The van der Waals surface area contributed by atoms with E-state index in [2.05, 4.69) is 16.7 Å². The summed E-state index contributed by atoms with van der Waals surface area (Å²) in [6.45, 7) is 1.07. The highest BCUT2D eigenvalue weighted by Gasteiger charge is 2.17. The van der Waals surface area contributed by atoms with Crippen molar-refractivity contribution in [2.45, 2.75) is 19.2 Å². The third-order valence-electron chi connectivity index (χ3n) is 5.21. The van der Waals surface area contributed by atoms with Crippen molar-refractivity contribution < 1.29 is 9.90 Å². The highest BCUT2D eigenvalue weighted by molar-refractivity contribution is 7.18. The Morgan fingerprint density at radius 3 is 2.68 bits per heavy atom. The first-order valence-electron chi connectivity index (χ1n) is 10.4. The average molecular weight is 513 g/mol. The zero-order valence-electron chi connectivity index (χ0n) is 18.2. The van der Waals surface area contributed by atoms with Crippen LogP contribution in [0.5, 0.6) is 0 Å². The number of rotatable bonds is 8. The number of thiophene rings is 2. The number of aryl methyl sites for hydroxylation is 1. The summed E-state index contributed by atoms with van der Waals surface area (Å²) < 4.78 is 1.78. The molecule has 0 saturated carbocycles. The molecule has 4 rings (SSSR count). The molecular formula is C24H21ClN4O3S2. The van der Waals surface area contributed by atoms with Gasteiger partial charge in [0.25, 0.3) is 5.91 Å². The van der Waals surface area contributed by atoms with Crippen molar-refractivity contribution in [2.24, 2.45) is 7.05 Å². The normalized spacial score (nSPS) is 11.9. The fourth-order valence-corrected chi connectivity index (χ4v) is 5.44. The van der Waals surface area contributed by atoms with Crippen LogP contribution in [0.15, 0.2) is 53.5 Å². The minimum absolute atomic E-state index is 0.0858. The molecule has 1 atom stereocenters. The molecule has 7 nitrogen and oxygen atoms in total. The van der Waals surface area contributed by atoms with Crippen LogP contribution in [-0.4, -0.2) is 22.1 Å². The fraction of sp³-hybridized carbons (Fsp3) is 0.208. The number of nitrogens with one attached hydrogen (secondary N) is 2. The third kappa shape index (κ3) is 5.38. The second-order valence-corrected chi connectivity index (χ2v) is 10.4. The zero-order chi connectivity index (χ0) is 24.2. The molecule has 1 aromatic carbocycles. The Kier molecular flexibility index (Phi) is 7.46. The van der Waals surface area contributed by atoms with Gasteiger partial charge in [-0.3, -0.25) is 9.59 Å². The summed E-state index contributed by atoms with van der Waals surface area (Å²) in [4.78, 5) is 28.7. The van der Waals surface area contributed by atoms with Crippen LogP contribution in [-0.2, 0) is 20.1 Å². The van der Waals surface area contributed by atoms with Crippen LogP contribution in [0, 0.1) is 11.3 Å². The standard InChI is InChI=1S/C24H21ClN4O3S2/c1-29-13-19(23(32)28-10-14-2-4-15(25)5-3-14)22(31)18-8-17(34-24(18)29)11-27-12-20(30)21-7-6-16(9-26)33-21/h2-8,13,20,27,30H,10-12H2,1H3,(H,28,32). The molecule has 0 fully saturated rings. The first kappa shape index (κ1) is 24.1. The van der Waals surface area contributed by atoms with Gasteiger partial charge in [-0.15, -0.1) is 22.7 Å². The van der Waals surface area contributed by atoms with Crippen molar-refractivity contribution >= 4 is 50.4 Å². The molecule has 3 aromatic heterocycles. The summed E-state index contributed by atoms with van der Waals surface area (Å²) in [6, 6.07) is 14.4. The summed E-state index contributed by atoms with van der Waals surface area (Å²) in [6.07, 6.45) is 0.840. The number of carbonyl (C=O) groups excluding carboxylic acids is 1. The van der Waals surface area contributed by atoms with E-state index in [0.717, 1.165) is 20.1 Å². The number of nitrogens with zero attached hydrogens (tertiary/aromatic N) is 2. The lowest BCUT2D eigenvalue weighted by molar-refractivity contribution is 0.0949. The number of hydrogen-bond donors (Lipinski definition) is 3. The smallest absolute Gasteiger partial charge is 0.257 e. The first-order valence-corrected chi connectivity index (χ1v) is 12.4.